The first-order chi connectivity index (χ1) is 17.1. The average Bonchev–Trinajstić information content (AvgIpc) is 3.57. The summed E-state index contributed by atoms with van der Waals surface area (Å²) in [5.74, 6) is -0.495. The van der Waals surface area contributed by atoms with E-state index >= 15 is 4.11 Å². The summed E-state index contributed by atoms with van der Waals surface area (Å²) in [5, 5.41) is 17.3. The van der Waals surface area contributed by atoms with E-state index in [4.69, 9.17) is 9.84 Å². The van der Waals surface area contributed by atoms with Crippen molar-refractivity contribution in [3.05, 3.63) is 35.7 Å². The number of aliphatic hydroxyl groups is 1. The van der Waals surface area contributed by atoms with Crippen LogP contribution >= 0.6 is 0 Å². The fraction of sp³-hybridized carbons (Fsp3) is 0.600. The van der Waals surface area contributed by atoms with E-state index in [1.54, 1.807) is 40.8 Å². The van der Waals surface area contributed by atoms with Crippen LogP contribution < -0.4 is 9.80 Å². The molecule has 2 saturated heterocycles. The summed E-state index contributed by atoms with van der Waals surface area (Å²) in [7, 11) is -1.52. The molecule has 3 aliphatic rings. The molecular weight excluding hydrogens is 481 g/mol. The van der Waals surface area contributed by atoms with Crippen LogP contribution in [-0.2, 0) is 32.9 Å². The third kappa shape index (κ3) is 3.88. The Balaban J connectivity index is 1.50. The number of rotatable bonds is 7. The molecule has 11 heteroatoms. The predicted octanol–water partition coefficient (Wildman–Crippen LogP) is 2.78. The summed E-state index contributed by atoms with van der Waals surface area (Å²) >= 11 is 0. The van der Waals surface area contributed by atoms with E-state index in [0.717, 1.165) is 23.4 Å². The third-order valence-electron chi connectivity index (χ3n) is 8.06. The van der Waals surface area contributed by atoms with E-state index < -0.39 is 25.7 Å². The fourth-order valence-electron chi connectivity index (χ4n) is 6.44. The molecule has 1 spiro atoms. The number of ether oxygens (including phenoxy) is 1. The van der Waals surface area contributed by atoms with Crippen molar-refractivity contribution < 1.29 is 23.5 Å². The average molecular weight is 516 g/mol. The molecule has 1 N–H and O–H groups in total. The number of hydrogen-bond acceptors (Lipinski definition) is 6. The zero-order valence-corrected chi connectivity index (χ0v) is 22.3. The van der Waals surface area contributed by atoms with Crippen molar-refractivity contribution in [1.29, 1.82) is 0 Å². The number of benzene rings is 1. The van der Waals surface area contributed by atoms with E-state index in [2.05, 4.69) is 10.3 Å². The van der Waals surface area contributed by atoms with Gasteiger partial charge in [-0.3, -0.25) is 14.3 Å². The van der Waals surface area contributed by atoms with Crippen molar-refractivity contribution in [3.63, 3.8) is 0 Å². The second-order valence-corrected chi connectivity index (χ2v) is 14.5. The first-order valence-corrected chi connectivity index (χ1v) is 15.6. The van der Waals surface area contributed by atoms with E-state index in [1.165, 1.54) is 0 Å². The standard InChI is InChI=1S/C25H34FN5O4Si/c1-16-23(36(3,4)26)21(9-12-30-15-17(10-13-32)27-28-30)35-25(16)19-14-18(31-11-5-6-22(31)33)7-8-20(19)29(2)24(25)34/h7-8,14-16,21,23,32H,5-6,9-13H2,1-4H3/t16-,21+,23-,25+/m1/s1. The number of fused-ring (bicyclic) bond motifs is 2. The van der Waals surface area contributed by atoms with Gasteiger partial charge in [-0.25, -0.2) is 0 Å². The molecule has 2 fully saturated rings. The molecule has 36 heavy (non-hydrogen) atoms. The molecule has 0 unspecified atom stereocenters. The Hall–Kier alpha value is -2.63. The van der Waals surface area contributed by atoms with Crippen molar-refractivity contribution >= 4 is 31.6 Å². The van der Waals surface area contributed by atoms with Crippen LogP contribution in [0.4, 0.5) is 15.5 Å². The maximum absolute atomic E-state index is 15.9. The Kier molecular flexibility index (Phi) is 6.28. The topological polar surface area (TPSA) is 101 Å². The second-order valence-electron chi connectivity index (χ2n) is 10.7. The zero-order chi connectivity index (χ0) is 25.8. The van der Waals surface area contributed by atoms with E-state index in [-0.39, 0.29) is 24.3 Å². The van der Waals surface area contributed by atoms with Crippen LogP contribution in [0.25, 0.3) is 0 Å². The van der Waals surface area contributed by atoms with Crippen molar-refractivity contribution in [2.75, 3.05) is 30.0 Å². The maximum atomic E-state index is 15.9. The van der Waals surface area contributed by atoms with Gasteiger partial charge in [0.2, 0.25) is 14.3 Å². The minimum atomic E-state index is -3.25. The fourth-order valence-corrected chi connectivity index (χ4v) is 8.98. The largest absolute Gasteiger partial charge is 0.396 e. The predicted molar refractivity (Wildman–Crippen MR) is 135 cm³/mol. The highest BCUT2D eigenvalue weighted by Crippen LogP contribution is 2.60. The van der Waals surface area contributed by atoms with Gasteiger partial charge in [0.15, 0.2) is 5.60 Å². The Morgan fingerprint density at radius 1 is 1.31 bits per heavy atom. The van der Waals surface area contributed by atoms with Crippen LogP contribution in [0.5, 0.6) is 0 Å². The number of hydrogen-bond donors (Lipinski definition) is 1. The molecule has 4 heterocycles. The summed E-state index contributed by atoms with van der Waals surface area (Å²) in [6.45, 7) is 6.41. The lowest BCUT2D eigenvalue weighted by molar-refractivity contribution is -0.145. The number of anilines is 2. The Bertz CT molecular complexity index is 1180. The maximum Gasteiger partial charge on any atom is 0.264 e. The van der Waals surface area contributed by atoms with Crippen LogP contribution in [0.15, 0.2) is 24.4 Å². The number of carbonyl (C=O) groups is 2. The summed E-state index contributed by atoms with van der Waals surface area (Å²) in [4.78, 5) is 29.6. The van der Waals surface area contributed by atoms with Gasteiger partial charge in [0, 0.05) is 68.5 Å². The Morgan fingerprint density at radius 2 is 2.08 bits per heavy atom. The van der Waals surface area contributed by atoms with Gasteiger partial charge in [0.1, 0.15) is 0 Å². The van der Waals surface area contributed by atoms with Gasteiger partial charge >= 0.3 is 0 Å². The quantitative estimate of drug-likeness (QED) is 0.450. The summed E-state index contributed by atoms with van der Waals surface area (Å²) in [6, 6.07) is 5.65. The minimum Gasteiger partial charge on any atom is -0.396 e. The van der Waals surface area contributed by atoms with Crippen LogP contribution in [0.3, 0.4) is 0 Å². The second kappa shape index (κ2) is 9.04. The van der Waals surface area contributed by atoms with E-state index in [1.807, 2.05) is 25.1 Å². The number of likely N-dealkylation sites (N-methyl/N-ethyl adjacent to an activating group) is 1. The molecule has 1 aromatic carbocycles. The lowest BCUT2D eigenvalue weighted by atomic mass is 9.82. The third-order valence-corrected chi connectivity index (χ3v) is 10.5. The lowest BCUT2D eigenvalue weighted by Gasteiger charge is -2.31. The van der Waals surface area contributed by atoms with Gasteiger partial charge in [-0.2, -0.15) is 0 Å². The molecule has 9 nitrogen and oxygen atoms in total. The number of nitrogens with zero attached hydrogens (tertiary/aromatic N) is 5. The summed E-state index contributed by atoms with van der Waals surface area (Å²) in [6.07, 6.45) is 3.53. The molecule has 1 aromatic heterocycles. The van der Waals surface area contributed by atoms with Crippen molar-refractivity contribution in [3.8, 4) is 0 Å². The van der Waals surface area contributed by atoms with Crippen LogP contribution in [0.1, 0.15) is 37.4 Å². The van der Waals surface area contributed by atoms with E-state index in [9.17, 15) is 9.59 Å². The van der Waals surface area contributed by atoms with E-state index in [0.29, 0.717) is 38.0 Å². The molecule has 5 rings (SSSR count). The molecule has 0 saturated carbocycles. The minimum absolute atomic E-state index is 0.00572. The molecular formula is C25H34FN5O4Si. The molecule has 3 aliphatic heterocycles. The number of halogens is 1. The number of aromatic nitrogens is 3. The number of amides is 2. The smallest absolute Gasteiger partial charge is 0.264 e. The van der Waals surface area contributed by atoms with Crippen molar-refractivity contribution in [2.24, 2.45) is 5.92 Å². The molecule has 0 radical (unpaired) electrons. The lowest BCUT2D eigenvalue weighted by Crippen LogP contribution is -2.44. The summed E-state index contributed by atoms with van der Waals surface area (Å²) in [5.41, 5.74) is 1.21. The van der Waals surface area contributed by atoms with Crippen LogP contribution in [-0.4, -0.2) is 66.6 Å². The van der Waals surface area contributed by atoms with Gasteiger partial charge in [0.05, 0.1) is 17.5 Å². The molecule has 2 amide bonds. The first kappa shape index (κ1) is 25.0. The molecule has 194 valence electrons. The van der Waals surface area contributed by atoms with Gasteiger partial charge in [-0.1, -0.05) is 12.1 Å². The van der Waals surface area contributed by atoms with Crippen molar-refractivity contribution in [2.45, 2.75) is 69.5 Å². The first-order valence-electron chi connectivity index (χ1n) is 12.7. The summed E-state index contributed by atoms with van der Waals surface area (Å²) < 4.78 is 24.2. The highest BCUT2D eigenvalue weighted by molar-refractivity contribution is 6.72. The monoisotopic (exact) mass is 515 g/mol. The van der Waals surface area contributed by atoms with Gasteiger partial charge in [0.25, 0.3) is 5.91 Å². The Morgan fingerprint density at radius 3 is 2.75 bits per heavy atom. The highest BCUT2D eigenvalue weighted by Gasteiger charge is 2.66. The van der Waals surface area contributed by atoms with Crippen molar-refractivity contribution in [1.82, 2.24) is 15.0 Å². The van der Waals surface area contributed by atoms with Crippen LogP contribution in [0, 0.1) is 5.92 Å². The van der Waals surface area contributed by atoms with Crippen LogP contribution in [0.2, 0.25) is 18.6 Å². The number of aryl methyl sites for hydroxylation is 1. The SMILES string of the molecule is C[C@@H]1[C@@H]([Si](C)(C)F)[C@H](CCn2cc(CCO)nn2)O[C@@]12C(=O)N(C)c1ccc(N3CCCC3=O)cc12. The van der Waals surface area contributed by atoms with Gasteiger partial charge < -0.3 is 23.8 Å². The highest BCUT2D eigenvalue weighted by atomic mass is 28.4. The normalized spacial score (nSPS) is 28.1. The molecule has 4 atom stereocenters. The zero-order valence-electron chi connectivity index (χ0n) is 21.3. The molecule has 2 aromatic rings. The Labute approximate surface area is 211 Å². The van der Waals surface area contributed by atoms with Gasteiger partial charge in [-0.15, -0.1) is 5.10 Å². The molecule has 0 aliphatic carbocycles. The van der Waals surface area contributed by atoms with Gasteiger partial charge in [-0.05, 0) is 44.1 Å². The number of aliphatic hydroxyl groups excluding tert-OH is 1. The number of carbonyl (C=O) groups excluding carboxylic acids is 2. The molecule has 0 bridgehead atoms.